The van der Waals surface area contributed by atoms with Crippen LogP contribution in [0, 0.1) is 0 Å². The van der Waals surface area contributed by atoms with Crippen LogP contribution < -0.4 is 0 Å². The summed E-state index contributed by atoms with van der Waals surface area (Å²) in [4.78, 5) is 16.7. The lowest BCUT2D eigenvalue weighted by Crippen LogP contribution is -1.87. The predicted octanol–water partition coefficient (Wildman–Crippen LogP) is 3.75. The van der Waals surface area contributed by atoms with Gasteiger partial charge in [0, 0.05) is 41.9 Å². The minimum atomic E-state index is 0.968. The first-order chi connectivity index (χ1) is 10.9. The molecule has 3 heterocycles. The second-order valence-corrected chi connectivity index (χ2v) is 4.95. The van der Waals surface area contributed by atoms with Crippen LogP contribution in [0.5, 0.6) is 0 Å². The third-order valence-corrected chi connectivity index (χ3v) is 3.63. The summed E-state index contributed by atoms with van der Waals surface area (Å²) in [5, 5.41) is 1.11. The Morgan fingerprint density at radius 2 is 1.45 bits per heavy atom. The molecule has 0 radical (unpaired) electrons. The molecule has 1 aromatic carbocycles. The first-order valence-corrected chi connectivity index (χ1v) is 6.96. The van der Waals surface area contributed by atoms with Gasteiger partial charge in [-0.25, -0.2) is 9.97 Å². The van der Waals surface area contributed by atoms with E-state index in [9.17, 15) is 0 Å². The lowest BCUT2D eigenvalue weighted by molar-refractivity contribution is 1.17. The van der Waals surface area contributed by atoms with Gasteiger partial charge in [0.1, 0.15) is 6.33 Å². The molecule has 0 aliphatic carbocycles. The Balaban J connectivity index is 1.95. The smallest absolute Gasteiger partial charge is 0.115 e. The lowest BCUT2D eigenvalue weighted by Gasteiger charge is -2.08. The van der Waals surface area contributed by atoms with Gasteiger partial charge in [-0.15, -0.1) is 0 Å². The summed E-state index contributed by atoms with van der Waals surface area (Å²) in [6, 6.07) is 12.3. The minimum absolute atomic E-state index is 0.968. The van der Waals surface area contributed by atoms with Crippen LogP contribution in [0.2, 0.25) is 0 Å². The Morgan fingerprint density at radius 3 is 2.27 bits per heavy atom. The van der Waals surface area contributed by atoms with Crippen LogP contribution in [0.4, 0.5) is 0 Å². The Bertz CT molecular complexity index is 921. The summed E-state index contributed by atoms with van der Waals surface area (Å²) < 4.78 is 0. The van der Waals surface area contributed by atoms with Crippen LogP contribution >= 0.6 is 0 Å². The van der Waals surface area contributed by atoms with Crippen molar-refractivity contribution in [2.75, 3.05) is 0 Å². The number of aromatic nitrogens is 4. The highest BCUT2D eigenvalue weighted by Crippen LogP contribution is 2.30. The van der Waals surface area contributed by atoms with Crippen molar-refractivity contribution >= 4 is 10.9 Å². The van der Waals surface area contributed by atoms with Crippen molar-refractivity contribution in [2.24, 2.45) is 0 Å². The van der Waals surface area contributed by atoms with Gasteiger partial charge in [0.2, 0.25) is 0 Å². The van der Waals surface area contributed by atoms with Gasteiger partial charge < -0.3 is 0 Å². The highest BCUT2D eigenvalue weighted by atomic mass is 14.8. The zero-order valence-electron chi connectivity index (χ0n) is 11.7. The topological polar surface area (TPSA) is 51.6 Å². The Kier molecular flexibility index (Phi) is 3.05. The number of pyridine rings is 2. The van der Waals surface area contributed by atoms with E-state index in [2.05, 4.69) is 26.0 Å². The molecule has 4 nitrogen and oxygen atoms in total. The Morgan fingerprint density at radius 1 is 0.636 bits per heavy atom. The number of hydrogen-bond acceptors (Lipinski definition) is 4. The van der Waals surface area contributed by atoms with Gasteiger partial charge in [-0.05, 0) is 47.0 Å². The van der Waals surface area contributed by atoms with E-state index in [1.165, 1.54) is 6.33 Å². The first-order valence-electron chi connectivity index (χ1n) is 6.96. The molecule has 0 N–H and O–H groups in total. The Labute approximate surface area is 127 Å². The number of rotatable bonds is 2. The number of hydrogen-bond donors (Lipinski definition) is 0. The normalized spacial score (nSPS) is 10.7. The molecule has 3 aromatic heterocycles. The van der Waals surface area contributed by atoms with Crippen LogP contribution in [-0.2, 0) is 0 Å². The Hall–Kier alpha value is -3.14. The van der Waals surface area contributed by atoms with E-state index in [-0.39, 0.29) is 0 Å². The van der Waals surface area contributed by atoms with Gasteiger partial charge >= 0.3 is 0 Å². The van der Waals surface area contributed by atoms with Crippen LogP contribution in [-0.4, -0.2) is 19.9 Å². The van der Waals surface area contributed by atoms with E-state index in [0.717, 1.165) is 33.2 Å². The van der Waals surface area contributed by atoms with Gasteiger partial charge in [-0.2, -0.15) is 0 Å². The van der Waals surface area contributed by atoms with E-state index in [4.69, 9.17) is 0 Å². The van der Waals surface area contributed by atoms with Crippen LogP contribution in [0.3, 0.4) is 0 Å². The molecule has 0 saturated heterocycles. The maximum absolute atomic E-state index is 4.46. The summed E-state index contributed by atoms with van der Waals surface area (Å²) >= 11 is 0. The van der Waals surface area contributed by atoms with E-state index in [1.807, 2.05) is 48.9 Å². The second kappa shape index (κ2) is 5.33. The van der Waals surface area contributed by atoms with Gasteiger partial charge in [-0.3, -0.25) is 9.97 Å². The van der Waals surface area contributed by atoms with Crippen molar-refractivity contribution in [1.29, 1.82) is 0 Å². The molecule has 0 bridgehead atoms. The molecular formula is C18H12N4. The minimum Gasteiger partial charge on any atom is -0.265 e. The average molecular weight is 284 g/mol. The fourth-order valence-electron chi connectivity index (χ4n) is 2.56. The maximum Gasteiger partial charge on any atom is 0.115 e. The van der Waals surface area contributed by atoms with Crippen molar-refractivity contribution in [1.82, 2.24) is 19.9 Å². The molecule has 4 heteroatoms. The van der Waals surface area contributed by atoms with E-state index >= 15 is 0 Å². The largest absolute Gasteiger partial charge is 0.265 e. The molecule has 0 amide bonds. The SMILES string of the molecule is c1cc(-c2ccnc3ccc(-c4cncnc4)cc23)ccn1. The highest BCUT2D eigenvalue weighted by molar-refractivity contribution is 5.96. The summed E-state index contributed by atoms with van der Waals surface area (Å²) in [7, 11) is 0. The predicted molar refractivity (Wildman–Crippen MR) is 86.0 cm³/mol. The summed E-state index contributed by atoms with van der Waals surface area (Å²) in [6.45, 7) is 0. The highest BCUT2D eigenvalue weighted by Gasteiger charge is 2.07. The van der Waals surface area contributed by atoms with Gasteiger partial charge in [0.05, 0.1) is 5.52 Å². The molecule has 0 aliphatic heterocycles. The van der Waals surface area contributed by atoms with Crippen LogP contribution in [0.15, 0.2) is 73.7 Å². The zero-order chi connectivity index (χ0) is 14.8. The average Bonchev–Trinajstić information content (AvgIpc) is 2.62. The fraction of sp³-hybridized carbons (Fsp3) is 0. The molecular weight excluding hydrogens is 272 g/mol. The van der Waals surface area contributed by atoms with Crippen molar-refractivity contribution in [3.63, 3.8) is 0 Å². The fourth-order valence-corrected chi connectivity index (χ4v) is 2.56. The number of nitrogens with zero attached hydrogens (tertiary/aromatic N) is 4. The van der Waals surface area contributed by atoms with Crippen molar-refractivity contribution in [3.8, 4) is 22.3 Å². The van der Waals surface area contributed by atoms with Crippen molar-refractivity contribution in [2.45, 2.75) is 0 Å². The molecule has 104 valence electrons. The molecule has 0 atom stereocenters. The number of benzene rings is 1. The summed E-state index contributed by atoms with van der Waals surface area (Å²) in [6.07, 6.45) is 10.6. The van der Waals surface area contributed by atoms with Gasteiger partial charge in [-0.1, -0.05) is 6.07 Å². The molecule has 0 fully saturated rings. The summed E-state index contributed by atoms with van der Waals surface area (Å²) in [5.74, 6) is 0. The van der Waals surface area contributed by atoms with Crippen molar-refractivity contribution < 1.29 is 0 Å². The van der Waals surface area contributed by atoms with E-state index in [0.29, 0.717) is 0 Å². The van der Waals surface area contributed by atoms with Crippen LogP contribution in [0.25, 0.3) is 33.2 Å². The molecule has 0 spiro atoms. The quantitative estimate of drug-likeness (QED) is 0.562. The molecule has 4 rings (SSSR count). The van der Waals surface area contributed by atoms with Gasteiger partial charge in [0.25, 0.3) is 0 Å². The van der Waals surface area contributed by atoms with E-state index < -0.39 is 0 Å². The van der Waals surface area contributed by atoms with E-state index in [1.54, 1.807) is 12.4 Å². The molecule has 0 aliphatic rings. The molecule has 22 heavy (non-hydrogen) atoms. The van der Waals surface area contributed by atoms with Gasteiger partial charge in [0.15, 0.2) is 0 Å². The maximum atomic E-state index is 4.46. The molecule has 0 unspecified atom stereocenters. The third kappa shape index (κ3) is 2.20. The van der Waals surface area contributed by atoms with Crippen LogP contribution in [0.1, 0.15) is 0 Å². The summed E-state index contributed by atoms with van der Waals surface area (Å²) in [5.41, 5.74) is 5.32. The standard InChI is InChI=1S/C18H12N4/c1-2-18-17(9-14(1)15-10-20-12-21-11-15)16(5-8-22-18)13-3-6-19-7-4-13/h1-12H. The second-order valence-electron chi connectivity index (χ2n) is 4.95. The lowest BCUT2D eigenvalue weighted by atomic mass is 9.99. The number of fused-ring (bicyclic) bond motifs is 1. The molecule has 0 saturated carbocycles. The first kappa shape index (κ1) is 12.6. The van der Waals surface area contributed by atoms with Crippen molar-refractivity contribution in [3.05, 3.63) is 73.7 Å². The zero-order valence-corrected chi connectivity index (χ0v) is 11.7. The third-order valence-electron chi connectivity index (χ3n) is 3.63. The monoisotopic (exact) mass is 284 g/mol. The molecule has 4 aromatic rings.